The highest BCUT2D eigenvalue weighted by Crippen LogP contribution is 2.15. The Morgan fingerprint density at radius 2 is 1.52 bits per heavy atom. The number of aryl methyl sites for hydroxylation is 1. The zero-order valence-electron chi connectivity index (χ0n) is 15.0. The van der Waals surface area contributed by atoms with Crippen molar-refractivity contribution in [2.24, 2.45) is 0 Å². The van der Waals surface area contributed by atoms with Crippen LogP contribution in [0.2, 0.25) is 0 Å². The molecule has 0 aromatic heterocycles. The number of carbonyl (C=O) groups is 2. The molecule has 0 radical (unpaired) electrons. The van der Waals surface area contributed by atoms with E-state index in [9.17, 15) is 9.59 Å². The van der Waals surface area contributed by atoms with Crippen molar-refractivity contribution in [1.82, 2.24) is 5.32 Å². The van der Waals surface area contributed by atoms with Crippen LogP contribution in [0, 0.1) is 6.92 Å². The zero-order valence-corrected chi connectivity index (χ0v) is 15.0. The van der Waals surface area contributed by atoms with E-state index in [2.05, 4.69) is 10.6 Å². The lowest BCUT2D eigenvalue weighted by Crippen LogP contribution is -2.30. The molecule has 1 atom stereocenters. The molecule has 0 aliphatic rings. The van der Waals surface area contributed by atoms with Gasteiger partial charge in [-0.25, -0.2) is 0 Å². The SMILES string of the molecule is Cc1ccc(OC(C)C(=O)Nc2ccc(C(=O)NC(C)C)cc2)cc1. The number of benzene rings is 2. The number of nitrogens with one attached hydrogen (secondary N) is 2. The second kappa shape index (κ2) is 8.33. The summed E-state index contributed by atoms with van der Waals surface area (Å²) in [6.07, 6.45) is -0.633. The average Bonchev–Trinajstić information content (AvgIpc) is 2.57. The van der Waals surface area contributed by atoms with Crippen LogP contribution in [-0.2, 0) is 4.79 Å². The summed E-state index contributed by atoms with van der Waals surface area (Å²) < 4.78 is 5.63. The van der Waals surface area contributed by atoms with E-state index < -0.39 is 6.10 Å². The Hall–Kier alpha value is -2.82. The number of hydrogen-bond donors (Lipinski definition) is 2. The maximum Gasteiger partial charge on any atom is 0.265 e. The summed E-state index contributed by atoms with van der Waals surface area (Å²) in [4.78, 5) is 24.1. The molecule has 0 aliphatic carbocycles. The van der Waals surface area contributed by atoms with Gasteiger partial charge in [0.05, 0.1) is 0 Å². The minimum atomic E-state index is -0.633. The van der Waals surface area contributed by atoms with Crippen molar-refractivity contribution in [2.45, 2.75) is 39.8 Å². The Morgan fingerprint density at radius 1 is 0.920 bits per heavy atom. The summed E-state index contributed by atoms with van der Waals surface area (Å²) in [6, 6.07) is 14.4. The fraction of sp³-hybridized carbons (Fsp3) is 0.300. The molecule has 2 aromatic rings. The fourth-order valence-corrected chi connectivity index (χ4v) is 2.17. The number of hydrogen-bond acceptors (Lipinski definition) is 3. The number of amides is 2. The molecule has 0 heterocycles. The highest BCUT2D eigenvalue weighted by atomic mass is 16.5. The van der Waals surface area contributed by atoms with Crippen molar-refractivity contribution in [2.75, 3.05) is 5.32 Å². The molecule has 132 valence electrons. The number of rotatable bonds is 6. The number of carbonyl (C=O) groups excluding carboxylic acids is 2. The smallest absolute Gasteiger partial charge is 0.265 e. The summed E-state index contributed by atoms with van der Waals surface area (Å²) in [5.41, 5.74) is 2.30. The monoisotopic (exact) mass is 340 g/mol. The van der Waals surface area contributed by atoms with Crippen LogP contribution in [0.3, 0.4) is 0 Å². The van der Waals surface area contributed by atoms with Crippen LogP contribution in [0.25, 0.3) is 0 Å². The molecule has 2 N–H and O–H groups in total. The highest BCUT2D eigenvalue weighted by molar-refractivity contribution is 5.96. The molecule has 0 fully saturated rings. The van der Waals surface area contributed by atoms with Gasteiger partial charge < -0.3 is 15.4 Å². The molecule has 5 nitrogen and oxygen atoms in total. The van der Waals surface area contributed by atoms with Gasteiger partial charge in [-0.1, -0.05) is 17.7 Å². The second-order valence-electron chi connectivity index (χ2n) is 6.27. The van der Waals surface area contributed by atoms with Gasteiger partial charge in [0.2, 0.25) is 0 Å². The first-order valence-electron chi connectivity index (χ1n) is 8.30. The van der Waals surface area contributed by atoms with Gasteiger partial charge in [0.1, 0.15) is 5.75 Å². The lowest BCUT2D eigenvalue weighted by Gasteiger charge is -2.15. The van der Waals surface area contributed by atoms with Gasteiger partial charge >= 0.3 is 0 Å². The van der Waals surface area contributed by atoms with E-state index in [1.165, 1.54) is 0 Å². The van der Waals surface area contributed by atoms with Gasteiger partial charge in [-0.3, -0.25) is 9.59 Å². The Morgan fingerprint density at radius 3 is 2.08 bits per heavy atom. The zero-order chi connectivity index (χ0) is 18.4. The summed E-state index contributed by atoms with van der Waals surface area (Å²) >= 11 is 0. The summed E-state index contributed by atoms with van der Waals surface area (Å²) in [7, 11) is 0. The van der Waals surface area contributed by atoms with Crippen LogP contribution in [-0.4, -0.2) is 24.0 Å². The van der Waals surface area contributed by atoms with Gasteiger partial charge in [0.25, 0.3) is 11.8 Å². The molecule has 0 saturated carbocycles. The first kappa shape index (κ1) is 18.5. The van der Waals surface area contributed by atoms with Crippen LogP contribution in [0.15, 0.2) is 48.5 Å². The summed E-state index contributed by atoms with van der Waals surface area (Å²) in [5.74, 6) is 0.262. The van der Waals surface area contributed by atoms with Crippen molar-refractivity contribution in [3.63, 3.8) is 0 Å². The van der Waals surface area contributed by atoms with E-state index in [0.717, 1.165) is 5.56 Å². The van der Waals surface area contributed by atoms with Crippen molar-refractivity contribution in [3.8, 4) is 5.75 Å². The Bertz CT molecular complexity index is 722. The number of ether oxygens (including phenoxy) is 1. The molecule has 0 saturated heterocycles. The summed E-state index contributed by atoms with van der Waals surface area (Å²) in [5, 5.41) is 5.61. The summed E-state index contributed by atoms with van der Waals surface area (Å²) in [6.45, 7) is 7.49. The molecular weight excluding hydrogens is 316 g/mol. The minimum absolute atomic E-state index is 0.0756. The molecule has 0 spiro atoms. The van der Waals surface area contributed by atoms with Crippen LogP contribution in [0.4, 0.5) is 5.69 Å². The highest BCUT2D eigenvalue weighted by Gasteiger charge is 2.15. The maximum atomic E-state index is 12.2. The van der Waals surface area contributed by atoms with Gasteiger partial charge in [0, 0.05) is 17.3 Å². The lowest BCUT2D eigenvalue weighted by atomic mass is 10.2. The Labute approximate surface area is 148 Å². The molecule has 0 bridgehead atoms. The predicted molar refractivity (Wildman–Crippen MR) is 98.9 cm³/mol. The molecule has 2 aromatic carbocycles. The quantitative estimate of drug-likeness (QED) is 0.845. The number of anilines is 1. The first-order valence-corrected chi connectivity index (χ1v) is 8.30. The average molecular weight is 340 g/mol. The van der Waals surface area contributed by atoms with Crippen molar-refractivity contribution >= 4 is 17.5 Å². The molecular formula is C20H24N2O3. The maximum absolute atomic E-state index is 12.2. The predicted octanol–water partition coefficient (Wildman–Crippen LogP) is 3.54. The van der Waals surface area contributed by atoms with Gasteiger partial charge in [-0.15, -0.1) is 0 Å². The molecule has 1 unspecified atom stereocenters. The van der Waals surface area contributed by atoms with E-state index in [4.69, 9.17) is 4.74 Å². The third kappa shape index (κ3) is 5.64. The van der Waals surface area contributed by atoms with Crippen LogP contribution >= 0.6 is 0 Å². The van der Waals surface area contributed by atoms with Crippen molar-refractivity contribution in [1.29, 1.82) is 0 Å². The van der Waals surface area contributed by atoms with Gasteiger partial charge in [-0.2, -0.15) is 0 Å². The standard InChI is InChI=1S/C20H24N2O3/c1-13(2)21-20(24)16-7-9-17(10-8-16)22-19(23)15(4)25-18-11-5-14(3)6-12-18/h5-13,15H,1-4H3,(H,21,24)(H,22,23). The Balaban J connectivity index is 1.93. The van der Waals surface area contributed by atoms with E-state index in [1.807, 2.05) is 45.0 Å². The molecule has 5 heteroatoms. The van der Waals surface area contributed by atoms with Gasteiger partial charge in [-0.05, 0) is 64.1 Å². The van der Waals surface area contributed by atoms with E-state index >= 15 is 0 Å². The van der Waals surface area contributed by atoms with Crippen LogP contribution < -0.4 is 15.4 Å². The minimum Gasteiger partial charge on any atom is -0.481 e. The second-order valence-corrected chi connectivity index (χ2v) is 6.27. The molecule has 25 heavy (non-hydrogen) atoms. The Kier molecular flexibility index (Phi) is 6.17. The van der Waals surface area contributed by atoms with E-state index in [-0.39, 0.29) is 17.9 Å². The van der Waals surface area contributed by atoms with Crippen LogP contribution in [0.1, 0.15) is 36.7 Å². The van der Waals surface area contributed by atoms with Crippen LogP contribution in [0.5, 0.6) is 5.75 Å². The normalized spacial score (nSPS) is 11.7. The molecule has 2 rings (SSSR count). The van der Waals surface area contributed by atoms with Crippen molar-refractivity contribution in [3.05, 3.63) is 59.7 Å². The topological polar surface area (TPSA) is 67.4 Å². The first-order chi connectivity index (χ1) is 11.8. The third-order valence-electron chi connectivity index (χ3n) is 3.54. The van der Waals surface area contributed by atoms with Gasteiger partial charge in [0.15, 0.2) is 6.10 Å². The molecule has 0 aliphatic heterocycles. The van der Waals surface area contributed by atoms with E-state index in [0.29, 0.717) is 17.0 Å². The third-order valence-corrected chi connectivity index (χ3v) is 3.54. The lowest BCUT2D eigenvalue weighted by molar-refractivity contribution is -0.122. The molecule has 2 amide bonds. The van der Waals surface area contributed by atoms with E-state index in [1.54, 1.807) is 31.2 Å². The van der Waals surface area contributed by atoms with Crippen molar-refractivity contribution < 1.29 is 14.3 Å². The largest absolute Gasteiger partial charge is 0.481 e. The fourth-order valence-electron chi connectivity index (χ4n) is 2.17.